The van der Waals surface area contributed by atoms with Crippen molar-refractivity contribution in [3.8, 4) is 0 Å². The van der Waals surface area contributed by atoms with E-state index in [1.165, 1.54) is 18.4 Å². The van der Waals surface area contributed by atoms with Gasteiger partial charge in [0.1, 0.15) is 0 Å². The molecule has 1 N–H and O–H groups in total. The Morgan fingerprint density at radius 3 is 2.59 bits per heavy atom. The molecule has 164 valence electrons. The molecule has 0 unspecified atom stereocenters. The molecule has 1 amide bonds. The molecule has 1 saturated heterocycles. The lowest BCUT2D eigenvalue weighted by molar-refractivity contribution is 0.0930. The van der Waals surface area contributed by atoms with Crippen molar-refractivity contribution in [3.05, 3.63) is 71.4 Å². The Morgan fingerprint density at radius 2 is 1.84 bits per heavy atom. The van der Waals surface area contributed by atoms with Crippen LogP contribution in [0.15, 0.2) is 54.7 Å². The number of nitrogens with one attached hydrogen (secondary N) is 1. The third-order valence-corrected chi connectivity index (χ3v) is 7.47. The van der Waals surface area contributed by atoms with Gasteiger partial charge in [0.25, 0.3) is 5.91 Å². The summed E-state index contributed by atoms with van der Waals surface area (Å²) in [5, 5.41) is 4.53. The lowest BCUT2D eigenvalue weighted by atomic mass is 9.98. The van der Waals surface area contributed by atoms with Gasteiger partial charge < -0.3 is 10.2 Å². The van der Waals surface area contributed by atoms with E-state index in [0.29, 0.717) is 0 Å². The van der Waals surface area contributed by atoms with Crippen LogP contribution < -0.4 is 10.2 Å². The van der Waals surface area contributed by atoms with Gasteiger partial charge in [-0.25, -0.2) is 0 Å². The summed E-state index contributed by atoms with van der Waals surface area (Å²) in [6.07, 6.45) is 6.49. The molecule has 6 rings (SSSR count). The van der Waals surface area contributed by atoms with Gasteiger partial charge in [0.15, 0.2) is 0 Å². The zero-order valence-corrected chi connectivity index (χ0v) is 18.7. The van der Waals surface area contributed by atoms with Gasteiger partial charge >= 0.3 is 0 Å². The van der Waals surface area contributed by atoms with Crippen LogP contribution in [0.25, 0.3) is 10.9 Å². The lowest BCUT2D eigenvalue weighted by Gasteiger charge is -2.36. The van der Waals surface area contributed by atoms with Gasteiger partial charge in [-0.3, -0.25) is 14.7 Å². The first kappa shape index (κ1) is 19.7. The topological polar surface area (TPSA) is 48.5 Å². The summed E-state index contributed by atoms with van der Waals surface area (Å²) < 4.78 is 0. The number of pyridine rings is 1. The summed E-state index contributed by atoms with van der Waals surface area (Å²) in [6.45, 7) is 6.35. The molecular weight excluding hydrogens is 396 g/mol. The highest BCUT2D eigenvalue weighted by Crippen LogP contribution is 2.48. The number of anilines is 1. The van der Waals surface area contributed by atoms with Crippen LogP contribution in [0.2, 0.25) is 0 Å². The summed E-state index contributed by atoms with van der Waals surface area (Å²) in [7, 11) is 0. The van der Waals surface area contributed by atoms with E-state index in [1.54, 1.807) is 0 Å². The number of piperazine rings is 1. The second kappa shape index (κ2) is 7.59. The molecule has 0 radical (unpaired) electrons. The first-order valence-corrected chi connectivity index (χ1v) is 11.9. The summed E-state index contributed by atoms with van der Waals surface area (Å²) in [5.74, 6) is 0.0272. The van der Waals surface area contributed by atoms with E-state index in [2.05, 4.69) is 50.4 Å². The third kappa shape index (κ3) is 3.55. The summed E-state index contributed by atoms with van der Waals surface area (Å²) in [4.78, 5) is 23.0. The molecule has 3 fully saturated rings. The Labute approximate surface area is 189 Å². The predicted octanol–water partition coefficient (Wildman–Crippen LogP) is 4.25. The number of amides is 1. The average Bonchev–Trinajstić information content (AvgIpc) is 3.75. The Kier molecular flexibility index (Phi) is 4.68. The largest absolute Gasteiger partial charge is 0.369 e. The fraction of sp³-hybridized carbons (Fsp3) is 0.407. The lowest BCUT2D eigenvalue weighted by Crippen LogP contribution is -2.47. The molecule has 2 heterocycles. The van der Waals surface area contributed by atoms with Crippen LogP contribution in [0.4, 0.5) is 5.69 Å². The Morgan fingerprint density at radius 1 is 1.03 bits per heavy atom. The van der Waals surface area contributed by atoms with Crippen LogP contribution in [0.5, 0.6) is 0 Å². The van der Waals surface area contributed by atoms with Crippen molar-refractivity contribution in [1.82, 2.24) is 15.2 Å². The Bertz CT molecular complexity index is 1170. The van der Waals surface area contributed by atoms with E-state index in [0.717, 1.165) is 72.8 Å². The maximum atomic E-state index is 13.5. The molecule has 3 aromatic rings. The molecule has 1 aliphatic heterocycles. The zero-order valence-electron chi connectivity index (χ0n) is 18.7. The van der Waals surface area contributed by atoms with Crippen molar-refractivity contribution < 1.29 is 4.79 Å². The van der Waals surface area contributed by atoms with E-state index >= 15 is 0 Å². The highest BCUT2D eigenvalue weighted by molar-refractivity contribution is 5.98. The van der Waals surface area contributed by atoms with Crippen molar-refractivity contribution in [2.75, 3.05) is 31.1 Å². The van der Waals surface area contributed by atoms with Crippen molar-refractivity contribution >= 4 is 22.5 Å². The van der Waals surface area contributed by atoms with Crippen molar-refractivity contribution in [2.45, 2.75) is 44.2 Å². The fourth-order valence-electron chi connectivity index (χ4n) is 5.23. The first-order chi connectivity index (χ1) is 15.6. The number of benzene rings is 2. The van der Waals surface area contributed by atoms with Crippen molar-refractivity contribution in [1.29, 1.82) is 0 Å². The first-order valence-electron chi connectivity index (χ1n) is 11.9. The molecule has 1 aromatic heterocycles. The average molecular weight is 427 g/mol. The van der Waals surface area contributed by atoms with Crippen LogP contribution in [0, 0.1) is 6.92 Å². The van der Waals surface area contributed by atoms with Crippen LogP contribution in [-0.2, 0) is 5.54 Å². The summed E-state index contributed by atoms with van der Waals surface area (Å²) in [6, 6.07) is 17.5. The number of aromatic nitrogens is 1. The molecule has 0 atom stereocenters. The number of carbonyl (C=O) groups is 1. The second-order valence-corrected chi connectivity index (χ2v) is 9.67. The number of hydrogen-bond donors (Lipinski definition) is 1. The molecule has 0 bridgehead atoms. The van der Waals surface area contributed by atoms with E-state index < -0.39 is 0 Å². The molecule has 2 aromatic carbocycles. The number of hydrogen-bond acceptors (Lipinski definition) is 4. The highest BCUT2D eigenvalue weighted by Gasteiger charge is 2.46. The number of fused-ring (bicyclic) bond motifs is 1. The SMILES string of the molecule is Cc1ccc(N2CCN(C3CC3)CC2)cc1C(=O)NC1(c2cccc3ncccc23)CC1. The van der Waals surface area contributed by atoms with Gasteiger partial charge in [-0.15, -0.1) is 0 Å². The van der Waals surface area contributed by atoms with E-state index in [-0.39, 0.29) is 11.4 Å². The van der Waals surface area contributed by atoms with Gasteiger partial charge in [-0.1, -0.05) is 24.3 Å². The monoisotopic (exact) mass is 426 g/mol. The van der Waals surface area contributed by atoms with Crippen LogP contribution in [0.1, 0.15) is 47.2 Å². The summed E-state index contributed by atoms with van der Waals surface area (Å²) in [5.41, 5.74) is 4.86. The van der Waals surface area contributed by atoms with E-state index in [1.807, 2.05) is 31.3 Å². The minimum absolute atomic E-state index is 0.0272. The predicted molar refractivity (Wildman–Crippen MR) is 128 cm³/mol. The van der Waals surface area contributed by atoms with Crippen molar-refractivity contribution in [3.63, 3.8) is 0 Å². The summed E-state index contributed by atoms with van der Waals surface area (Å²) >= 11 is 0. The molecule has 5 heteroatoms. The fourth-order valence-corrected chi connectivity index (χ4v) is 5.23. The van der Waals surface area contributed by atoms with Gasteiger partial charge in [0.05, 0.1) is 11.1 Å². The number of rotatable bonds is 5. The molecule has 0 spiro atoms. The molecule has 32 heavy (non-hydrogen) atoms. The molecular formula is C27H30N4O. The minimum Gasteiger partial charge on any atom is -0.369 e. The number of nitrogens with zero attached hydrogens (tertiary/aromatic N) is 3. The van der Waals surface area contributed by atoms with Gasteiger partial charge in [-0.05, 0) is 68.0 Å². The molecule has 3 aliphatic rings. The molecule has 2 saturated carbocycles. The minimum atomic E-state index is -0.280. The maximum Gasteiger partial charge on any atom is 0.252 e. The van der Waals surface area contributed by atoms with Gasteiger partial charge in [0.2, 0.25) is 0 Å². The van der Waals surface area contributed by atoms with Crippen LogP contribution >= 0.6 is 0 Å². The van der Waals surface area contributed by atoms with Crippen molar-refractivity contribution in [2.24, 2.45) is 0 Å². The smallest absolute Gasteiger partial charge is 0.252 e. The van der Waals surface area contributed by atoms with Gasteiger partial charge in [0, 0.05) is 55.1 Å². The normalized spacial score (nSPS) is 20.3. The van der Waals surface area contributed by atoms with Gasteiger partial charge in [-0.2, -0.15) is 0 Å². The molecule has 5 nitrogen and oxygen atoms in total. The van der Waals surface area contributed by atoms with Crippen LogP contribution in [0.3, 0.4) is 0 Å². The molecule has 2 aliphatic carbocycles. The van der Waals surface area contributed by atoms with E-state index in [9.17, 15) is 4.79 Å². The zero-order chi connectivity index (χ0) is 21.7. The number of carbonyl (C=O) groups excluding carboxylic acids is 1. The number of aryl methyl sites for hydroxylation is 1. The second-order valence-electron chi connectivity index (χ2n) is 9.67. The quantitative estimate of drug-likeness (QED) is 0.663. The Balaban J connectivity index is 1.23. The highest BCUT2D eigenvalue weighted by atomic mass is 16.1. The Hall–Kier alpha value is -2.92. The van der Waals surface area contributed by atoms with Crippen LogP contribution in [-0.4, -0.2) is 48.0 Å². The maximum absolute atomic E-state index is 13.5. The standard InChI is InChI=1S/C27H30N4O/c1-19-7-8-21(31-16-14-30(15-17-31)20-9-10-20)18-23(19)26(32)29-27(11-12-27)24-5-2-6-25-22(24)4-3-13-28-25/h2-8,13,18,20H,9-12,14-17H2,1H3,(H,29,32). The van der Waals surface area contributed by atoms with E-state index in [4.69, 9.17) is 0 Å². The third-order valence-electron chi connectivity index (χ3n) is 7.47.